The summed E-state index contributed by atoms with van der Waals surface area (Å²) >= 11 is 0. The Hall–Kier alpha value is -1.35. The first kappa shape index (κ1) is 14.6. The number of hydrogen-bond acceptors (Lipinski definition) is 2. The molecule has 3 nitrogen and oxygen atoms in total. The Kier molecular flexibility index (Phi) is 4.91. The lowest BCUT2D eigenvalue weighted by Gasteiger charge is -2.30. The monoisotopic (exact) mass is 286 g/mol. The average molecular weight is 286 g/mol. The maximum Gasteiger partial charge on any atom is 0.223 e. The van der Waals surface area contributed by atoms with E-state index in [2.05, 4.69) is 41.0 Å². The maximum atomic E-state index is 12.4. The molecule has 2 fully saturated rings. The minimum Gasteiger partial charge on any atom is -0.353 e. The van der Waals surface area contributed by atoms with E-state index in [1.807, 2.05) is 0 Å². The summed E-state index contributed by atoms with van der Waals surface area (Å²) in [6, 6.07) is 11.1. The number of benzene rings is 1. The molecule has 0 bridgehead atoms. The van der Waals surface area contributed by atoms with E-state index in [1.54, 1.807) is 0 Å². The van der Waals surface area contributed by atoms with E-state index in [9.17, 15) is 4.79 Å². The van der Waals surface area contributed by atoms with E-state index in [-0.39, 0.29) is 5.92 Å². The fourth-order valence-corrected chi connectivity index (χ4v) is 3.70. The number of piperidine rings is 1. The van der Waals surface area contributed by atoms with Crippen molar-refractivity contribution >= 4 is 5.91 Å². The predicted molar refractivity (Wildman–Crippen MR) is 85.2 cm³/mol. The largest absolute Gasteiger partial charge is 0.353 e. The molecule has 2 N–H and O–H groups in total. The van der Waals surface area contributed by atoms with Crippen LogP contribution in [0.2, 0.25) is 0 Å². The Morgan fingerprint density at radius 3 is 2.29 bits per heavy atom. The number of amides is 1. The van der Waals surface area contributed by atoms with Crippen molar-refractivity contribution in [3.8, 4) is 0 Å². The van der Waals surface area contributed by atoms with Crippen LogP contribution in [-0.2, 0) is 4.79 Å². The molecule has 0 aromatic heterocycles. The molecule has 1 saturated carbocycles. The molecule has 3 heteroatoms. The van der Waals surface area contributed by atoms with Crippen LogP contribution in [0.5, 0.6) is 0 Å². The Morgan fingerprint density at radius 1 is 0.952 bits per heavy atom. The van der Waals surface area contributed by atoms with Crippen LogP contribution >= 0.6 is 0 Å². The molecule has 3 rings (SSSR count). The van der Waals surface area contributed by atoms with Gasteiger partial charge in [-0.15, -0.1) is 0 Å². The van der Waals surface area contributed by atoms with Crippen molar-refractivity contribution in [1.29, 1.82) is 0 Å². The van der Waals surface area contributed by atoms with Crippen LogP contribution in [0.15, 0.2) is 30.3 Å². The van der Waals surface area contributed by atoms with Gasteiger partial charge in [0, 0.05) is 12.0 Å². The van der Waals surface area contributed by atoms with Crippen LogP contribution < -0.4 is 10.6 Å². The zero-order valence-electron chi connectivity index (χ0n) is 12.7. The molecule has 1 aromatic rings. The topological polar surface area (TPSA) is 41.1 Å². The zero-order valence-corrected chi connectivity index (χ0v) is 12.7. The van der Waals surface area contributed by atoms with Gasteiger partial charge in [0.1, 0.15) is 0 Å². The molecule has 0 spiro atoms. The van der Waals surface area contributed by atoms with Crippen LogP contribution in [0.1, 0.15) is 50.0 Å². The van der Waals surface area contributed by atoms with E-state index in [0.29, 0.717) is 17.9 Å². The van der Waals surface area contributed by atoms with Crippen molar-refractivity contribution in [2.24, 2.45) is 5.92 Å². The molecule has 2 aliphatic rings. The third-order valence-corrected chi connectivity index (χ3v) is 5.05. The quantitative estimate of drug-likeness (QED) is 0.897. The third-order valence-electron chi connectivity index (χ3n) is 5.05. The number of rotatable bonds is 3. The second-order valence-electron chi connectivity index (χ2n) is 6.49. The first-order valence-corrected chi connectivity index (χ1v) is 8.39. The zero-order chi connectivity index (χ0) is 14.5. The van der Waals surface area contributed by atoms with Gasteiger partial charge in [0.15, 0.2) is 0 Å². The molecular weight excluding hydrogens is 260 g/mol. The van der Waals surface area contributed by atoms with Gasteiger partial charge in [-0.2, -0.15) is 0 Å². The summed E-state index contributed by atoms with van der Waals surface area (Å²) < 4.78 is 0. The summed E-state index contributed by atoms with van der Waals surface area (Å²) in [7, 11) is 0. The summed E-state index contributed by atoms with van der Waals surface area (Å²) in [5.41, 5.74) is 1.44. The van der Waals surface area contributed by atoms with Crippen LogP contribution in [0, 0.1) is 5.92 Å². The highest BCUT2D eigenvalue weighted by atomic mass is 16.1. The molecule has 21 heavy (non-hydrogen) atoms. The molecule has 1 amide bonds. The van der Waals surface area contributed by atoms with Gasteiger partial charge in [0.25, 0.3) is 0 Å². The van der Waals surface area contributed by atoms with Gasteiger partial charge in [0.05, 0.1) is 0 Å². The van der Waals surface area contributed by atoms with Crippen molar-refractivity contribution in [1.82, 2.24) is 10.6 Å². The molecule has 0 radical (unpaired) electrons. The molecule has 1 aromatic carbocycles. The highest BCUT2D eigenvalue weighted by Crippen LogP contribution is 2.35. The van der Waals surface area contributed by atoms with Crippen LogP contribution in [0.25, 0.3) is 0 Å². The highest BCUT2D eigenvalue weighted by molar-refractivity contribution is 5.79. The van der Waals surface area contributed by atoms with Gasteiger partial charge in [0.2, 0.25) is 5.91 Å². The van der Waals surface area contributed by atoms with E-state index in [0.717, 1.165) is 51.6 Å². The predicted octanol–water partition coefficient (Wildman–Crippen LogP) is 2.83. The van der Waals surface area contributed by atoms with Crippen LogP contribution in [0.4, 0.5) is 0 Å². The summed E-state index contributed by atoms with van der Waals surface area (Å²) in [5.74, 6) is 1.18. The second-order valence-corrected chi connectivity index (χ2v) is 6.49. The first-order chi connectivity index (χ1) is 10.3. The van der Waals surface area contributed by atoms with Gasteiger partial charge in [-0.1, -0.05) is 30.3 Å². The summed E-state index contributed by atoms with van der Waals surface area (Å²) in [4.78, 5) is 12.4. The van der Waals surface area contributed by atoms with Crippen molar-refractivity contribution in [2.45, 2.75) is 50.5 Å². The summed E-state index contributed by atoms with van der Waals surface area (Å²) in [5, 5.41) is 6.60. The molecule has 1 saturated heterocycles. The van der Waals surface area contributed by atoms with E-state index in [1.165, 1.54) is 5.56 Å². The maximum absolute atomic E-state index is 12.4. The minimum absolute atomic E-state index is 0.236. The lowest BCUT2D eigenvalue weighted by atomic mass is 9.78. The van der Waals surface area contributed by atoms with Gasteiger partial charge < -0.3 is 10.6 Å². The average Bonchev–Trinajstić information content (AvgIpc) is 2.57. The molecule has 1 aliphatic heterocycles. The molecule has 0 unspecified atom stereocenters. The van der Waals surface area contributed by atoms with Crippen molar-refractivity contribution in [3.05, 3.63) is 35.9 Å². The van der Waals surface area contributed by atoms with Crippen LogP contribution in [-0.4, -0.2) is 25.0 Å². The van der Waals surface area contributed by atoms with Gasteiger partial charge in [-0.3, -0.25) is 4.79 Å². The molecular formula is C18H26N2O. The Morgan fingerprint density at radius 2 is 1.62 bits per heavy atom. The van der Waals surface area contributed by atoms with Gasteiger partial charge in [-0.25, -0.2) is 0 Å². The molecule has 1 heterocycles. The highest BCUT2D eigenvalue weighted by Gasteiger charge is 2.28. The fraction of sp³-hybridized carbons (Fsp3) is 0.611. The summed E-state index contributed by atoms with van der Waals surface area (Å²) in [6.07, 6.45) is 6.52. The van der Waals surface area contributed by atoms with E-state index < -0.39 is 0 Å². The smallest absolute Gasteiger partial charge is 0.223 e. The van der Waals surface area contributed by atoms with Crippen molar-refractivity contribution < 1.29 is 4.79 Å². The molecule has 114 valence electrons. The second kappa shape index (κ2) is 7.08. The Balaban J connectivity index is 1.47. The minimum atomic E-state index is 0.236. The number of hydrogen-bond donors (Lipinski definition) is 2. The first-order valence-electron chi connectivity index (χ1n) is 8.39. The molecule has 0 atom stereocenters. The van der Waals surface area contributed by atoms with Crippen molar-refractivity contribution in [2.75, 3.05) is 13.1 Å². The standard InChI is InChI=1S/C18H26N2O/c21-18(20-17-10-12-19-13-11-17)16-8-6-15(7-9-16)14-4-2-1-3-5-14/h1-5,15-17,19H,6-13H2,(H,20,21). The third kappa shape index (κ3) is 3.85. The molecule has 1 aliphatic carbocycles. The normalized spacial score (nSPS) is 27.2. The summed E-state index contributed by atoms with van der Waals surface area (Å²) in [6.45, 7) is 2.07. The SMILES string of the molecule is O=C(NC1CCNCC1)C1CCC(c2ccccc2)CC1. The lowest BCUT2D eigenvalue weighted by Crippen LogP contribution is -2.45. The lowest BCUT2D eigenvalue weighted by molar-refractivity contribution is -0.126. The van der Waals surface area contributed by atoms with E-state index >= 15 is 0 Å². The fourth-order valence-electron chi connectivity index (χ4n) is 3.70. The van der Waals surface area contributed by atoms with Gasteiger partial charge in [-0.05, 0) is 63.1 Å². The Bertz CT molecular complexity index is 446. The Labute approximate surface area is 127 Å². The number of nitrogens with one attached hydrogen (secondary N) is 2. The number of carbonyl (C=O) groups excluding carboxylic acids is 1. The van der Waals surface area contributed by atoms with Gasteiger partial charge >= 0.3 is 0 Å². The van der Waals surface area contributed by atoms with E-state index in [4.69, 9.17) is 0 Å². The van der Waals surface area contributed by atoms with Crippen molar-refractivity contribution in [3.63, 3.8) is 0 Å². The van der Waals surface area contributed by atoms with Crippen LogP contribution in [0.3, 0.4) is 0 Å². The number of carbonyl (C=O) groups is 1.